The molecule has 1 heterocycles. The average molecular weight is 317 g/mol. The quantitative estimate of drug-likeness (QED) is 0.908. The summed E-state index contributed by atoms with van der Waals surface area (Å²) in [6.07, 6.45) is 5.60. The standard InChI is InChI=1S/C19H27NO3/c1-14-5-3-6-16(17(14)23-2)18(22)20-10-4-9-19(12-20,13-21)11-15-7-8-15/h3,5-6,15,21H,4,7-13H2,1-2H3/t19-/m1/s1. The molecule has 1 atom stereocenters. The van der Waals surface area contributed by atoms with Crippen molar-refractivity contribution in [1.82, 2.24) is 4.90 Å². The van der Waals surface area contributed by atoms with Gasteiger partial charge in [0.05, 0.1) is 19.3 Å². The number of hydrogen-bond acceptors (Lipinski definition) is 3. The predicted molar refractivity (Wildman–Crippen MR) is 89.7 cm³/mol. The lowest BCUT2D eigenvalue weighted by atomic mass is 9.76. The molecule has 0 bridgehead atoms. The SMILES string of the molecule is COc1c(C)cccc1C(=O)N1CCC[C@@](CO)(CC2CC2)C1. The van der Waals surface area contributed by atoms with Gasteiger partial charge < -0.3 is 14.7 Å². The molecule has 2 fully saturated rings. The van der Waals surface area contributed by atoms with Gasteiger partial charge >= 0.3 is 0 Å². The minimum Gasteiger partial charge on any atom is -0.496 e. The van der Waals surface area contributed by atoms with E-state index in [0.29, 0.717) is 17.9 Å². The minimum atomic E-state index is -0.105. The zero-order valence-corrected chi connectivity index (χ0v) is 14.2. The Balaban J connectivity index is 1.80. The fourth-order valence-corrected chi connectivity index (χ4v) is 3.94. The molecule has 1 aliphatic heterocycles. The summed E-state index contributed by atoms with van der Waals surface area (Å²) in [6, 6.07) is 5.69. The average Bonchev–Trinajstić information content (AvgIpc) is 3.38. The number of aliphatic hydroxyl groups excluding tert-OH is 1. The van der Waals surface area contributed by atoms with E-state index >= 15 is 0 Å². The van der Waals surface area contributed by atoms with Crippen LogP contribution in [0, 0.1) is 18.3 Å². The van der Waals surface area contributed by atoms with E-state index in [1.54, 1.807) is 7.11 Å². The van der Waals surface area contributed by atoms with Gasteiger partial charge in [0, 0.05) is 18.5 Å². The van der Waals surface area contributed by atoms with Crippen LogP contribution in [0.15, 0.2) is 18.2 Å². The number of para-hydroxylation sites is 1. The van der Waals surface area contributed by atoms with Crippen LogP contribution < -0.4 is 4.74 Å². The van der Waals surface area contributed by atoms with Crippen LogP contribution >= 0.6 is 0 Å². The van der Waals surface area contributed by atoms with E-state index < -0.39 is 0 Å². The van der Waals surface area contributed by atoms with Gasteiger partial charge in [0.15, 0.2) is 0 Å². The molecule has 1 aromatic rings. The Labute approximate surface area is 138 Å². The summed E-state index contributed by atoms with van der Waals surface area (Å²) in [6.45, 7) is 3.56. The van der Waals surface area contributed by atoms with Gasteiger partial charge in [-0.25, -0.2) is 0 Å². The molecule has 2 aliphatic rings. The van der Waals surface area contributed by atoms with Gasteiger partial charge in [-0.1, -0.05) is 25.0 Å². The van der Waals surface area contributed by atoms with E-state index in [1.807, 2.05) is 30.0 Å². The summed E-state index contributed by atoms with van der Waals surface area (Å²) in [5.74, 6) is 1.45. The molecule has 126 valence electrons. The summed E-state index contributed by atoms with van der Waals surface area (Å²) < 4.78 is 5.44. The molecule has 1 saturated heterocycles. The van der Waals surface area contributed by atoms with E-state index in [9.17, 15) is 9.90 Å². The third-order valence-corrected chi connectivity index (χ3v) is 5.35. The van der Waals surface area contributed by atoms with Crippen molar-refractivity contribution < 1.29 is 14.6 Å². The summed E-state index contributed by atoms with van der Waals surface area (Å²) in [7, 11) is 1.61. The fraction of sp³-hybridized carbons (Fsp3) is 0.632. The molecule has 0 aromatic heterocycles. The summed E-state index contributed by atoms with van der Waals surface area (Å²) in [5.41, 5.74) is 1.50. The van der Waals surface area contributed by atoms with Crippen LogP contribution in [-0.4, -0.2) is 42.7 Å². The molecular weight excluding hydrogens is 290 g/mol. The Morgan fingerprint density at radius 1 is 1.43 bits per heavy atom. The number of aliphatic hydroxyl groups is 1. The van der Waals surface area contributed by atoms with Crippen molar-refractivity contribution in [1.29, 1.82) is 0 Å². The molecule has 4 nitrogen and oxygen atoms in total. The van der Waals surface area contributed by atoms with Gasteiger partial charge in [0.25, 0.3) is 5.91 Å². The van der Waals surface area contributed by atoms with Gasteiger partial charge in [-0.05, 0) is 43.7 Å². The molecule has 3 rings (SSSR count). The molecule has 0 radical (unpaired) electrons. The van der Waals surface area contributed by atoms with Crippen LogP contribution in [0.3, 0.4) is 0 Å². The number of likely N-dealkylation sites (tertiary alicyclic amines) is 1. The van der Waals surface area contributed by atoms with Gasteiger partial charge in [-0.2, -0.15) is 0 Å². The highest BCUT2D eigenvalue weighted by Crippen LogP contribution is 2.44. The van der Waals surface area contributed by atoms with Gasteiger partial charge in [0.2, 0.25) is 0 Å². The Hall–Kier alpha value is -1.55. The molecule has 0 spiro atoms. The number of aryl methyl sites for hydroxylation is 1. The molecule has 0 unspecified atom stereocenters. The zero-order valence-electron chi connectivity index (χ0n) is 14.2. The number of methoxy groups -OCH3 is 1. The number of rotatable bonds is 5. The maximum atomic E-state index is 13.0. The van der Waals surface area contributed by atoms with Crippen molar-refractivity contribution in [2.24, 2.45) is 11.3 Å². The number of ether oxygens (including phenoxy) is 1. The van der Waals surface area contributed by atoms with Gasteiger partial charge in [-0.15, -0.1) is 0 Å². The van der Waals surface area contributed by atoms with Crippen molar-refractivity contribution in [3.63, 3.8) is 0 Å². The third-order valence-electron chi connectivity index (χ3n) is 5.35. The molecule has 1 saturated carbocycles. The first kappa shape index (κ1) is 16.3. The van der Waals surface area contributed by atoms with Crippen molar-refractivity contribution in [2.75, 3.05) is 26.8 Å². The van der Waals surface area contributed by atoms with E-state index in [4.69, 9.17) is 4.74 Å². The van der Waals surface area contributed by atoms with Gasteiger partial charge in [0.1, 0.15) is 5.75 Å². The number of amides is 1. The first-order valence-corrected chi connectivity index (χ1v) is 8.62. The molecule has 4 heteroatoms. The second-order valence-electron chi connectivity index (χ2n) is 7.29. The lowest BCUT2D eigenvalue weighted by Crippen LogP contribution is -2.48. The Morgan fingerprint density at radius 3 is 2.87 bits per heavy atom. The Bertz CT molecular complexity index is 582. The number of carbonyl (C=O) groups excluding carboxylic acids is 1. The second-order valence-corrected chi connectivity index (χ2v) is 7.29. The Morgan fingerprint density at radius 2 is 2.22 bits per heavy atom. The van der Waals surface area contributed by atoms with Crippen LogP contribution in [0.1, 0.15) is 48.0 Å². The van der Waals surface area contributed by atoms with E-state index in [0.717, 1.165) is 37.3 Å². The maximum Gasteiger partial charge on any atom is 0.257 e. The van der Waals surface area contributed by atoms with Crippen molar-refractivity contribution in [2.45, 2.75) is 39.0 Å². The van der Waals surface area contributed by atoms with E-state index in [1.165, 1.54) is 12.8 Å². The molecule has 1 N–H and O–H groups in total. The Kier molecular flexibility index (Phi) is 4.62. The van der Waals surface area contributed by atoms with E-state index in [2.05, 4.69) is 0 Å². The van der Waals surface area contributed by atoms with Crippen molar-refractivity contribution in [3.05, 3.63) is 29.3 Å². The van der Waals surface area contributed by atoms with Gasteiger partial charge in [-0.3, -0.25) is 4.79 Å². The lowest BCUT2D eigenvalue weighted by Gasteiger charge is -2.42. The molecule has 1 aromatic carbocycles. The highest BCUT2D eigenvalue weighted by molar-refractivity contribution is 5.97. The first-order chi connectivity index (χ1) is 11.1. The van der Waals surface area contributed by atoms with Crippen LogP contribution in [-0.2, 0) is 0 Å². The number of piperidine rings is 1. The molecule has 1 amide bonds. The summed E-state index contributed by atoms with van der Waals surface area (Å²) in [4.78, 5) is 14.9. The monoisotopic (exact) mass is 317 g/mol. The molecular formula is C19H27NO3. The topological polar surface area (TPSA) is 49.8 Å². The number of hydrogen-bond donors (Lipinski definition) is 1. The molecule has 23 heavy (non-hydrogen) atoms. The van der Waals surface area contributed by atoms with Crippen molar-refractivity contribution in [3.8, 4) is 5.75 Å². The summed E-state index contributed by atoms with van der Waals surface area (Å²) in [5, 5.41) is 9.97. The normalized spacial score (nSPS) is 24.6. The fourth-order valence-electron chi connectivity index (χ4n) is 3.94. The van der Waals surface area contributed by atoms with Crippen molar-refractivity contribution >= 4 is 5.91 Å². The van der Waals surface area contributed by atoms with Crippen LogP contribution in [0.5, 0.6) is 5.75 Å². The molecule has 1 aliphatic carbocycles. The predicted octanol–water partition coefficient (Wildman–Crippen LogP) is 3.02. The third kappa shape index (κ3) is 3.37. The smallest absolute Gasteiger partial charge is 0.257 e. The number of nitrogens with zero attached hydrogens (tertiary/aromatic N) is 1. The zero-order chi connectivity index (χ0) is 16.4. The first-order valence-electron chi connectivity index (χ1n) is 8.62. The number of benzene rings is 1. The van der Waals surface area contributed by atoms with Crippen LogP contribution in [0.4, 0.5) is 0 Å². The van der Waals surface area contributed by atoms with Crippen LogP contribution in [0.2, 0.25) is 0 Å². The highest BCUT2D eigenvalue weighted by Gasteiger charge is 2.41. The second kappa shape index (κ2) is 6.52. The highest BCUT2D eigenvalue weighted by atomic mass is 16.5. The van der Waals surface area contributed by atoms with E-state index in [-0.39, 0.29) is 17.9 Å². The minimum absolute atomic E-state index is 0.0267. The largest absolute Gasteiger partial charge is 0.496 e. The lowest BCUT2D eigenvalue weighted by molar-refractivity contribution is 0.0194. The number of carbonyl (C=O) groups is 1. The summed E-state index contributed by atoms with van der Waals surface area (Å²) >= 11 is 0. The van der Waals surface area contributed by atoms with Crippen LogP contribution in [0.25, 0.3) is 0 Å². The maximum absolute atomic E-state index is 13.0.